The summed E-state index contributed by atoms with van der Waals surface area (Å²) >= 11 is 0. The van der Waals surface area contributed by atoms with Crippen molar-refractivity contribution in [2.45, 2.75) is 80.7 Å². The lowest BCUT2D eigenvalue weighted by molar-refractivity contribution is 0.0755. The number of aliphatic hydroxyl groups is 1. The highest BCUT2D eigenvalue weighted by molar-refractivity contribution is 5.99. The van der Waals surface area contributed by atoms with Crippen LogP contribution in [-0.4, -0.2) is 54.1 Å². The quantitative estimate of drug-likeness (QED) is 0.454. The molecule has 0 spiro atoms. The summed E-state index contributed by atoms with van der Waals surface area (Å²) in [6, 6.07) is 6.59. The Labute approximate surface area is 197 Å². The highest BCUT2D eigenvalue weighted by atomic mass is 16.3. The third kappa shape index (κ3) is 15.0. The molecule has 1 aromatic rings. The summed E-state index contributed by atoms with van der Waals surface area (Å²) < 4.78 is 0. The van der Waals surface area contributed by atoms with Crippen molar-refractivity contribution >= 4 is 11.8 Å². The first kappa shape index (κ1) is 32.3. The summed E-state index contributed by atoms with van der Waals surface area (Å²) in [5.41, 5.74) is 6.95. The van der Waals surface area contributed by atoms with E-state index < -0.39 is 0 Å². The molecule has 0 fully saturated rings. The van der Waals surface area contributed by atoms with Gasteiger partial charge in [-0.25, -0.2) is 0 Å². The number of aliphatic hydroxyl groups excluding tert-OH is 1. The molecule has 0 radical (unpaired) electrons. The maximum Gasteiger partial charge on any atom is 0.253 e. The topological polar surface area (TPSA) is 95.7 Å². The van der Waals surface area contributed by atoms with E-state index in [9.17, 15) is 9.59 Å². The Morgan fingerprint density at radius 2 is 1.53 bits per heavy atom. The molecule has 32 heavy (non-hydrogen) atoms. The first-order chi connectivity index (χ1) is 15.2. The van der Waals surface area contributed by atoms with Gasteiger partial charge in [0, 0.05) is 43.4 Å². The fourth-order valence-electron chi connectivity index (χ4n) is 2.83. The van der Waals surface area contributed by atoms with Crippen LogP contribution in [0.2, 0.25) is 0 Å². The maximum absolute atomic E-state index is 12.7. The minimum Gasteiger partial charge on any atom is -0.396 e. The molecule has 0 aliphatic rings. The fraction of sp³-hybridized carbons (Fsp3) is 0.692. The lowest BCUT2D eigenvalue weighted by Gasteiger charge is -2.21. The van der Waals surface area contributed by atoms with Crippen LogP contribution in [-0.2, 0) is 0 Å². The van der Waals surface area contributed by atoms with Gasteiger partial charge in [0.1, 0.15) is 0 Å². The molecule has 1 rings (SSSR count). The Morgan fingerprint density at radius 3 is 2.00 bits per heavy atom. The summed E-state index contributed by atoms with van der Waals surface area (Å²) in [6.07, 6.45) is 2.43. The van der Waals surface area contributed by atoms with Crippen LogP contribution in [0.4, 0.5) is 0 Å². The number of nitrogens with one attached hydrogen (secondary N) is 1. The molecule has 0 saturated carbocycles. The normalized spacial score (nSPS) is 12.0. The molecule has 4 N–H and O–H groups in total. The minimum atomic E-state index is -0.246. The standard InChI is InChI=1S/C20H33N3O3.C4H10.C2H6/c1-4-9-23(10-5-2)20(26)17-8-6-7-16(12-17)19(25)22-13-18(21)11-15(3)14-24;1-4(2)3;1-2/h6-8,12,15,18,24H,4-5,9-11,13-14,21H2,1-3H3,(H,22,25);4H,1-3H3;1-2H3. The zero-order valence-electron chi connectivity index (χ0n) is 21.8. The Balaban J connectivity index is 0. The molecular formula is C26H49N3O3. The molecule has 2 amide bonds. The van der Waals surface area contributed by atoms with Crippen molar-refractivity contribution in [1.29, 1.82) is 0 Å². The number of rotatable bonds is 11. The number of carbonyl (C=O) groups excluding carboxylic acids is 2. The van der Waals surface area contributed by atoms with Crippen LogP contribution in [0.5, 0.6) is 0 Å². The molecule has 1 aromatic carbocycles. The number of benzene rings is 1. The Hall–Kier alpha value is -1.92. The Bertz CT molecular complexity index is 611. The van der Waals surface area contributed by atoms with Gasteiger partial charge in [0.05, 0.1) is 0 Å². The summed E-state index contributed by atoms with van der Waals surface area (Å²) in [5.74, 6) is 0.645. The van der Waals surface area contributed by atoms with Crippen molar-refractivity contribution in [3.05, 3.63) is 35.4 Å². The van der Waals surface area contributed by atoms with Crippen LogP contribution in [0, 0.1) is 11.8 Å². The van der Waals surface area contributed by atoms with E-state index in [1.54, 1.807) is 24.3 Å². The second-order valence-electron chi connectivity index (χ2n) is 8.60. The number of nitrogens with two attached hydrogens (primary N) is 1. The van der Waals surface area contributed by atoms with Gasteiger partial charge in [-0.1, -0.05) is 61.5 Å². The number of nitrogens with zero attached hydrogens (tertiary/aromatic N) is 1. The van der Waals surface area contributed by atoms with Gasteiger partial charge < -0.3 is 21.1 Å². The van der Waals surface area contributed by atoms with Gasteiger partial charge in [-0.3, -0.25) is 9.59 Å². The lowest BCUT2D eigenvalue weighted by Crippen LogP contribution is -2.38. The molecule has 0 saturated heterocycles. The van der Waals surface area contributed by atoms with E-state index in [4.69, 9.17) is 10.8 Å². The third-order valence-corrected chi connectivity index (χ3v) is 4.19. The van der Waals surface area contributed by atoms with Gasteiger partial charge in [0.15, 0.2) is 0 Å². The molecule has 6 nitrogen and oxygen atoms in total. The van der Waals surface area contributed by atoms with Gasteiger partial charge in [-0.2, -0.15) is 0 Å². The van der Waals surface area contributed by atoms with Gasteiger partial charge in [0.2, 0.25) is 0 Å². The summed E-state index contributed by atoms with van der Waals surface area (Å²) in [4.78, 5) is 26.9. The minimum absolute atomic E-state index is 0.0446. The van der Waals surface area contributed by atoms with E-state index in [-0.39, 0.29) is 30.4 Å². The molecule has 2 atom stereocenters. The molecule has 0 heterocycles. The van der Waals surface area contributed by atoms with Gasteiger partial charge in [-0.15, -0.1) is 0 Å². The molecule has 186 valence electrons. The van der Waals surface area contributed by atoms with Crippen LogP contribution >= 0.6 is 0 Å². The Morgan fingerprint density at radius 1 is 1.03 bits per heavy atom. The van der Waals surface area contributed by atoms with E-state index in [0.717, 1.165) is 18.8 Å². The van der Waals surface area contributed by atoms with Crippen molar-refractivity contribution < 1.29 is 14.7 Å². The number of amides is 2. The highest BCUT2D eigenvalue weighted by Gasteiger charge is 2.16. The van der Waals surface area contributed by atoms with Gasteiger partial charge >= 0.3 is 0 Å². The summed E-state index contributed by atoms with van der Waals surface area (Å²) in [7, 11) is 0. The van der Waals surface area contributed by atoms with Crippen molar-refractivity contribution in [3.63, 3.8) is 0 Å². The smallest absolute Gasteiger partial charge is 0.253 e. The number of hydrogen-bond acceptors (Lipinski definition) is 4. The highest BCUT2D eigenvalue weighted by Crippen LogP contribution is 2.10. The predicted octanol–water partition coefficient (Wildman–Crippen LogP) is 4.71. The monoisotopic (exact) mass is 451 g/mol. The second kappa shape index (κ2) is 19.7. The molecule has 0 aromatic heterocycles. The summed E-state index contributed by atoms with van der Waals surface area (Å²) in [6.45, 7) is 18.3. The first-order valence-corrected chi connectivity index (χ1v) is 12.2. The molecule has 0 bridgehead atoms. The van der Waals surface area contributed by atoms with Crippen LogP contribution in [0.15, 0.2) is 24.3 Å². The molecular weight excluding hydrogens is 402 g/mol. The molecule has 2 unspecified atom stereocenters. The van der Waals surface area contributed by atoms with Crippen LogP contribution < -0.4 is 11.1 Å². The first-order valence-electron chi connectivity index (χ1n) is 12.2. The van der Waals surface area contributed by atoms with Crippen molar-refractivity contribution in [2.75, 3.05) is 26.2 Å². The summed E-state index contributed by atoms with van der Waals surface area (Å²) in [5, 5.41) is 11.9. The zero-order chi connectivity index (χ0) is 25.1. The van der Waals surface area contributed by atoms with Crippen molar-refractivity contribution in [1.82, 2.24) is 10.2 Å². The lowest BCUT2D eigenvalue weighted by atomic mass is 10.0. The molecule has 6 heteroatoms. The number of hydrogen-bond donors (Lipinski definition) is 3. The van der Waals surface area contributed by atoms with Crippen molar-refractivity contribution in [3.8, 4) is 0 Å². The molecule has 0 aliphatic carbocycles. The van der Waals surface area contributed by atoms with E-state index in [1.807, 2.05) is 39.5 Å². The van der Waals surface area contributed by atoms with E-state index in [0.29, 0.717) is 37.2 Å². The van der Waals surface area contributed by atoms with Crippen molar-refractivity contribution in [2.24, 2.45) is 17.6 Å². The predicted molar refractivity (Wildman–Crippen MR) is 136 cm³/mol. The average molecular weight is 452 g/mol. The number of carbonyl (C=O) groups is 2. The SMILES string of the molecule is CC.CC(C)C.CCCN(CCC)C(=O)c1cccc(C(=O)NCC(N)CC(C)CO)c1. The van der Waals surface area contributed by atoms with E-state index >= 15 is 0 Å². The van der Waals surface area contributed by atoms with Crippen LogP contribution in [0.1, 0.15) is 95.4 Å². The maximum atomic E-state index is 12.7. The second-order valence-corrected chi connectivity index (χ2v) is 8.60. The van der Waals surface area contributed by atoms with E-state index in [2.05, 4.69) is 26.1 Å². The largest absolute Gasteiger partial charge is 0.396 e. The molecule has 0 aliphatic heterocycles. The van der Waals surface area contributed by atoms with Crippen LogP contribution in [0.3, 0.4) is 0 Å². The van der Waals surface area contributed by atoms with Gasteiger partial charge in [0.25, 0.3) is 11.8 Å². The van der Waals surface area contributed by atoms with Gasteiger partial charge in [-0.05, 0) is 49.3 Å². The van der Waals surface area contributed by atoms with E-state index in [1.165, 1.54) is 0 Å². The zero-order valence-corrected chi connectivity index (χ0v) is 21.8. The van der Waals surface area contributed by atoms with Crippen LogP contribution in [0.25, 0.3) is 0 Å². The fourth-order valence-corrected chi connectivity index (χ4v) is 2.83. The average Bonchev–Trinajstić information content (AvgIpc) is 2.77. The Kier molecular flexibility index (Phi) is 19.9. The third-order valence-electron chi connectivity index (χ3n) is 4.19.